The maximum atomic E-state index is 11.8. The van der Waals surface area contributed by atoms with Crippen LogP contribution in [-0.2, 0) is 9.53 Å². The molecule has 19 heavy (non-hydrogen) atoms. The Hall–Kier alpha value is -2.18. The van der Waals surface area contributed by atoms with Gasteiger partial charge in [-0.15, -0.1) is 0 Å². The van der Waals surface area contributed by atoms with Gasteiger partial charge in [0.25, 0.3) is 0 Å². The molecule has 0 aliphatic rings. The zero-order valence-electron chi connectivity index (χ0n) is 10.6. The van der Waals surface area contributed by atoms with Crippen LogP contribution in [0.3, 0.4) is 0 Å². The number of nitrogens with two attached hydrogens (primary N) is 1. The lowest BCUT2D eigenvalue weighted by atomic mass is 10.2. The van der Waals surface area contributed by atoms with Crippen LogP contribution in [0.2, 0.25) is 0 Å². The number of hydrogen-bond acceptors (Lipinski definition) is 4. The quantitative estimate of drug-likeness (QED) is 0.832. The third kappa shape index (κ3) is 3.40. The highest BCUT2D eigenvalue weighted by Gasteiger charge is 2.13. The summed E-state index contributed by atoms with van der Waals surface area (Å²) in [7, 11) is 1.51. The zero-order chi connectivity index (χ0) is 13.7. The maximum absolute atomic E-state index is 11.8. The highest BCUT2D eigenvalue weighted by atomic mass is 16.5. The third-order valence-electron chi connectivity index (χ3n) is 2.60. The molecule has 1 unspecified atom stereocenters. The van der Waals surface area contributed by atoms with Gasteiger partial charge in [0.05, 0.1) is 12.9 Å². The van der Waals surface area contributed by atoms with Crippen molar-refractivity contribution in [1.29, 1.82) is 0 Å². The number of nitrogens with zero attached hydrogens (tertiary/aromatic N) is 2. The molecule has 1 aromatic carbocycles. The van der Waals surface area contributed by atoms with Gasteiger partial charge in [-0.1, -0.05) is 6.07 Å². The topological polar surface area (TPSA) is 82.2 Å². The van der Waals surface area contributed by atoms with E-state index in [1.165, 1.54) is 7.11 Å². The Labute approximate surface area is 111 Å². The number of carbonyl (C=O) groups is 1. The largest absolute Gasteiger partial charge is 0.383 e. The molecule has 3 N–H and O–H groups in total. The summed E-state index contributed by atoms with van der Waals surface area (Å²) >= 11 is 0. The first kappa shape index (κ1) is 13.3. The van der Waals surface area contributed by atoms with Crippen LogP contribution in [0.5, 0.6) is 0 Å². The number of methoxy groups -OCH3 is 1. The van der Waals surface area contributed by atoms with Crippen LogP contribution in [0, 0.1) is 0 Å². The Balaban J connectivity index is 2.09. The molecule has 0 radical (unpaired) electrons. The van der Waals surface area contributed by atoms with Gasteiger partial charge in [-0.25, -0.2) is 4.98 Å². The molecule has 0 aliphatic heterocycles. The molecule has 2 aromatic rings. The van der Waals surface area contributed by atoms with Crippen LogP contribution in [0.15, 0.2) is 43.0 Å². The second kappa shape index (κ2) is 6.12. The third-order valence-corrected chi connectivity index (χ3v) is 2.60. The number of aromatic nitrogens is 2. The number of amides is 1. The molecule has 100 valence electrons. The molecule has 0 saturated heterocycles. The van der Waals surface area contributed by atoms with Crippen molar-refractivity contribution in [1.82, 2.24) is 9.55 Å². The Morgan fingerprint density at radius 1 is 1.58 bits per heavy atom. The summed E-state index contributed by atoms with van der Waals surface area (Å²) < 4.78 is 6.70. The molecule has 1 amide bonds. The molecule has 1 aromatic heterocycles. The molecule has 0 spiro atoms. The van der Waals surface area contributed by atoms with E-state index in [0.717, 1.165) is 5.69 Å². The van der Waals surface area contributed by atoms with Gasteiger partial charge in [0, 0.05) is 30.9 Å². The monoisotopic (exact) mass is 260 g/mol. The van der Waals surface area contributed by atoms with Gasteiger partial charge in [0.2, 0.25) is 5.91 Å². The van der Waals surface area contributed by atoms with Crippen molar-refractivity contribution < 1.29 is 9.53 Å². The Bertz CT molecular complexity index is 539. The van der Waals surface area contributed by atoms with Gasteiger partial charge < -0.3 is 20.4 Å². The molecule has 2 rings (SSSR count). The Morgan fingerprint density at radius 2 is 2.42 bits per heavy atom. The fourth-order valence-corrected chi connectivity index (χ4v) is 1.65. The first-order chi connectivity index (χ1) is 9.20. The van der Waals surface area contributed by atoms with Crippen molar-refractivity contribution in [3.63, 3.8) is 0 Å². The summed E-state index contributed by atoms with van der Waals surface area (Å²) in [6, 6.07) is 6.75. The average molecular weight is 260 g/mol. The van der Waals surface area contributed by atoms with Crippen LogP contribution in [0.25, 0.3) is 5.69 Å². The highest BCUT2D eigenvalue weighted by Crippen LogP contribution is 2.14. The van der Waals surface area contributed by atoms with Gasteiger partial charge in [0.15, 0.2) is 0 Å². The minimum absolute atomic E-state index is 0.188. The van der Waals surface area contributed by atoms with Crippen molar-refractivity contribution in [3.05, 3.63) is 43.0 Å². The normalized spacial score (nSPS) is 12.1. The zero-order valence-corrected chi connectivity index (χ0v) is 10.6. The molecule has 6 nitrogen and oxygen atoms in total. The van der Waals surface area contributed by atoms with E-state index in [0.29, 0.717) is 5.69 Å². The number of rotatable bonds is 5. The Kier molecular flexibility index (Phi) is 4.27. The summed E-state index contributed by atoms with van der Waals surface area (Å²) in [5, 5.41) is 2.75. The van der Waals surface area contributed by atoms with Crippen LogP contribution in [0.4, 0.5) is 5.69 Å². The van der Waals surface area contributed by atoms with E-state index in [-0.39, 0.29) is 12.5 Å². The number of carbonyl (C=O) groups excluding carboxylic acids is 1. The molecule has 0 bridgehead atoms. The predicted octanol–water partition coefficient (Wildman–Crippen LogP) is 0.784. The van der Waals surface area contributed by atoms with Crippen LogP contribution in [-0.4, -0.2) is 35.2 Å². The lowest BCUT2D eigenvalue weighted by molar-refractivity contribution is -0.118. The van der Waals surface area contributed by atoms with Crippen LogP contribution in [0.1, 0.15) is 0 Å². The molecule has 1 heterocycles. The van der Waals surface area contributed by atoms with Crippen molar-refractivity contribution in [3.8, 4) is 5.69 Å². The minimum Gasteiger partial charge on any atom is -0.383 e. The first-order valence-electron chi connectivity index (χ1n) is 5.84. The lowest BCUT2D eigenvalue weighted by Crippen LogP contribution is -2.39. The standard InChI is InChI=1S/C13H16N4O2/c1-19-8-12(14)13(18)16-10-3-2-4-11(7-10)17-6-5-15-9-17/h2-7,9,12H,8,14H2,1H3,(H,16,18). The van der Waals surface area contributed by atoms with E-state index in [4.69, 9.17) is 10.5 Å². The van der Waals surface area contributed by atoms with Crippen molar-refractivity contribution >= 4 is 11.6 Å². The van der Waals surface area contributed by atoms with E-state index >= 15 is 0 Å². The van der Waals surface area contributed by atoms with Crippen molar-refractivity contribution in [2.24, 2.45) is 5.73 Å². The van der Waals surface area contributed by atoms with Crippen LogP contribution >= 0.6 is 0 Å². The Morgan fingerprint density at radius 3 is 3.11 bits per heavy atom. The van der Waals surface area contributed by atoms with E-state index in [9.17, 15) is 4.79 Å². The second-order valence-electron chi connectivity index (χ2n) is 4.07. The fraction of sp³-hybridized carbons (Fsp3) is 0.231. The SMILES string of the molecule is COCC(N)C(=O)Nc1cccc(-n2ccnc2)c1. The molecule has 1 atom stereocenters. The van der Waals surface area contributed by atoms with Crippen LogP contribution < -0.4 is 11.1 Å². The number of nitrogens with one attached hydrogen (secondary N) is 1. The second-order valence-corrected chi connectivity index (χ2v) is 4.07. The molecular weight excluding hydrogens is 244 g/mol. The van der Waals surface area contributed by atoms with E-state index in [1.807, 2.05) is 29.0 Å². The fourth-order valence-electron chi connectivity index (χ4n) is 1.65. The number of anilines is 1. The van der Waals surface area contributed by atoms with Gasteiger partial charge in [-0.3, -0.25) is 4.79 Å². The molecular formula is C13H16N4O2. The number of ether oxygens (including phenoxy) is 1. The van der Waals surface area contributed by atoms with Crippen molar-refractivity contribution in [2.45, 2.75) is 6.04 Å². The number of hydrogen-bond donors (Lipinski definition) is 2. The van der Waals surface area contributed by atoms with Gasteiger partial charge in [-0.05, 0) is 18.2 Å². The highest BCUT2D eigenvalue weighted by molar-refractivity contribution is 5.95. The summed E-state index contributed by atoms with van der Waals surface area (Å²) in [5.41, 5.74) is 7.25. The van der Waals surface area contributed by atoms with Gasteiger partial charge >= 0.3 is 0 Å². The molecule has 0 aliphatic carbocycles. The van der Waals surface area contributed by atoms with Gasteiger partial charge in [0.1, 0.15) is 6.04 Å². The van der Waals surface area contributed by atoms with Crippen molar-refractivity contribution in [2.75, 3.05) is 19.0 Å². The molecule has 6 heteroatoms. The summed E-state index contributed by atoms with van der Waals surface area (Å²) in [5.74, 6) is -0.273. The first-order valence-corrected chi connectivity index (χ1v) is 5.84. The van der Waals surface area contributed by atoms with Gasteiger partial charge in [-0.2, -0.15) is 0 Å². The predicted molar refractivity (Wildman–Crippen MR) is 72.0 cm³/mol. The number of imidazole rings is 1. The smallest absolute Gasteiger partial charge is 0.243 e. The maximum Gasteiger partial charge on any atom is 0.243 e. The minimum atomic E-state index is -0.679. The molecule has 0 fully saturated rings. The summed E-state index contributed by atoms with van der Waals surface area (Å²) in [4.78, 5) is 15.7. The summed E-state index contributed by atoms with van der Waals surface area (Å²) in [6.07, 6.45) is 5.22. The summed E-state index contributed by atoms with van der Waals surface area (Å²) in [6.45, 7) is 0.188. The lowest BCUT2D eigenvalue weighted by Gasteiger charge is -2.12. The average Bonchev–Trinajstić information content (AvgIpc) is 2.93. The van der Waals surface area contributed by atoms with E-state index < -0.39 is 6.04 Å². The number of benzene rings is 1. The molecule has 0 saturated carbocycles. The van der Waals surface area contributed by atoms with E-state index in [2.05, 4.69) is 10.3 Å². The van der Waals surface area contributed by atoms with E-state index in [1.54, 1.807) is 18.6 Å².